The number of hydrogen-bond acceptors (Lipinski definition) is 6. The van der Waals surface area contributed by atoms with Gasteiger partial charge in [-0.25, -0.2) is 4.98 Å². The molecular weight excluding hydrogens is 382 g/mol. The van der Waals surface area contributed by atoms with Crippen molar-refractivity contribution in [1.82, 2.24) is 14.9 Å². The highest BCUT2D eigenvalue weighted by Gasteiger charge is 2.23. The van der Waals surface area contributed by atoms with E-state index in [-0.39, 0.29) is 11.2 Å². The van der Waals surface area contributed by atoms with Crippen LogP contribution in [0.1, 0.15) is 41.9 Å². The molecule has 0 aliphatic carbocycles. The molecule has 3 heterocycles. The number of H-pyrrole nitrogens is 1. The van der Waals surface area contributed by atoms with Gasteiger partial charge in [0.05, 0.1) is 21.9 Å². The van der Waals surface area contributed by atoms with E-state index in [0.717, 1.165) is 37.2 Å². The van der Waals surface area contributed by atoms with Crippen LogP contribution in [0.4, 0.5) is 5.69 Å². The Morgan fingerprint density at radius 1 is 1.29 bits per heavy atom. The van der Waals surface area contributed by atoms with Crippen molar-refractivity contribution in [2.24, 2.45) is 4.99 Å². The zero-order valence-electron chi connectivity index (χ0n) is 15.3. The molecule has 28 heavy (non-hydrogen) atoms. The molecule has 1 N–H and O–H groups in total. The van der Waals surface area contributed by atoms with Crippen LogP contribution in [0.15, 0.2) is 28.0 Å². The molecule has 0 unspecified atom stereocenters. The van der Waals surface area contributed by atoms with Gasteiger partial charge in [0.1, 0.15) is 0 Å². The number of fused-ring (bicyclic) bond motifs is 1. The molecule has 0 bridgehead atoms. The van der Waals surface area contributed by atoms with Crippen molar-refractivity contribution in [2.75, 3.05) is 13.1 Å². The predicted octanol–water partition coefficient (Wildman–Crippen LogP) is 2.86. The standard InChI is InChI=1S/C19H20ClN5O3/c20-15-5-4-13(25(27)28)9-12(15)10-24-8-6-16-14(11-24)19(26)23-18(22-16)17-3-1-2-7-21-17/h4-5,9H,1-3,6-8,10-11H2,(H,22,23,26). The quantitative estimate of drug-likeness (QED) is 0.626. The summed E-state index contributed by atoms with van der Waals surface area (Å²) in [4.78, 5) is 37.3. The molecule has 2 aliphatic rings. The van der Waals surface area contributed by atoms with Crippen LogP contribution < -0.4 is 5.56 Å². The fourth-order valence-electron chi connectivity index (χ4n) is 3.68. The van der Waals surface area contributed by atoms with E-state index in [1.165, 1.54) is 12.1 Å². The van der Waals surface area contributed by atoms with Gasteiger partial charge in [0, 0.05) is 49.8 Å². The number of aliphatic imine (C=N–C) groups is 1. The molecule has 1 aromatic carbocycles. The van der Waals surface area contributed by atoms with Gasteiger partial charge in [0.15, 0.2) is 5.82 Å². The van der Waals surface area contributed by atoms with Crippen LogP contribution in [0.2, 0.25) is 5.02 Å². The lowest BCUT2D eigenvalue weighted by atomic mass is 10.0. The first-order valence-corrected chi connectivity index (χ1v) is 9.70. The Morgan fingerprint density at radius 2 is 2.14 bits per heavy atom. The number of aromatic nitrogens is 2. The van der Waals surface area contributed by atoms with Gasteiger partial charge >= 0.3 is 0 Å². The molecule has 8 nitrogen and oxygen atoms in total. The lowest BCUT2D eigenvalue weighted by molar-refractivity contribution is -0.384. The van der Waals surface area contributed by atoms with E-state index in [0.29, 0.717) is 48.0 Å². The zero-order chi connectivity index (χ0) is 19.7. The van der Waals surface area contributed by atoms with Crippen LogP contribution >= 0.6 is 11.6 Å². The molecule has 0 amide bonds. The normalized spacial score (nSPS) is 17.1. The van der Waals surface area contributed by atoms with E-state index in [9.17, 15) is 14.9 Å². The second kappa shape index (κ2) is 7.81. The average Bonchev–Trinajstić information content (AvgIpc) is 2.70. The third kappa shape index (κ3) is 3.83. The number of nitrogens with zero attached hydrogens (tertiary/aromatic N) is 4. The third-order valence-corrected chi connectivity index (χ3v) is 5.55. The Balaban J connectivity index is 1.56. The van der Waals surface area contributed by atoms with Gasteiger partial charge < -0.3 is 4.98 Å². The number of halogens is 1. The van der Waals surface area contributed by atoms with Crippen LogP contribution in [0.25, 0.3) is 0 Å². The van der Waals surface area contributed by atoms with E-state index in [2.05, 4.69) is 19.9 Å². The van der Waals surface area contributed by atoms with Gasteiger partial charge in [-0.05, 0) is 30.9 Å². The topological polar surface area (TPSA) is 104 Å². The van der Waals surface area contributed by atoms with Gasteiger partial charge in [-0.3, -0.25) is 24.8 Å². The molecule has 0 atom stereocenters. The van der Waals surface area contributed by atoms with Gasteiger partial charge in [0.25, 0.3) is 11.2 Å². The zero-order valence-corrected chi connectivity index (χ0v) is 16.0. The summed E-state index contributed by atoms with van der Waals surface area (Å²) in [6.45, 7) is 2.36. The van der Waals surface area contributed by atoms with Crippen molar-refractivity contribution in [3.8, 4) is 0 Å². The van der Waals surface area contributed by atoms with Gasteiger partial charge in [-0.2, -0.15) is 0 Å². The minimum absolute atomic E-state index is 0.00854. The monoisotopic (exact) mass is 401 g/mol. The lowest BCUT2D eigenvalue weighted by Gasteiger charge is -2.28. The fraction of sp³-hybridized carbons (Fsp3) is 0.421. The second-order valence-corrected chi connectivity index (χ2v) is 7.53. The molecular formula is C19H20ClN5O3. The number of nitro benzene ring substituents is 1. The van der Waals surface area contributed by atoms with Gasteiger partial charge in [0.2, 0.25) is 0 Å². The maximum absolute atomic E-state index is 12.6. The van der Waals surface area contributed by atoms with E-state index in [1.807, 2.05) is 0 Å². The molecule has 0 radical (unpaired) electrons. The Labute approximate surface area is 166 Å². The van der Waals surface area contributed by atoms with Crippen LogP contribution in [-0.2, 0) is 19.5 Å². The van der Waals surface area contributed by atoms with Crippen LogP contribution in [0.5, 0.6) is 0 Å². The summed E-state index contributed by atoms with van der Waals surface area (Å²) in [5, 5.41) is 11.5. The van der Waals surface area contributed by atoms with Crippen molar-refractivity contribution < 1.29 is 4.92 Å². The van der Waals surface area contributed by atoms with Crippen molar-refractivity contribution >= 4 is 23.0 Å². The number of nitrogens with one attached hydrogen (secondary N) is 1. The molecule has 0 saturated carbocycles. The first kappa shape index (κ1) is 18.8. The molecule has 0 spiro atoms. The van der Waals surface area contributed by atoms with Gasteiger partial charge in [-0.1, -0.05) is 11.6 Å². The van der Waals surface area contributed by atoms with Crippen molar-refractivity contribution in [3.05, 3.63) is 66.3 Å². The molecule has 0 saturated heterocycles. The molecule has 9 heteroatoms. The maximum atomic E-state index is 12.6. The van der Waals surface area contributed by atoms with E-state index in [1.54, 1.807) is 6.07 Å². The van der Waals surface area contributed by atoms with Crippen molar-refractivity contribution in [1.29, 1.82) is 0 Å². The highest BCUT2D eigenvalue weighted by Crippen LogP contribution is 2.25. The Hall–Kier alpha value is -2.58. The van der Waals surface area contributed by atoms with Crippen LogP contribution in [0, 0.1) is 10.1 Å². The summed E-state index contributed by atoms with van der Waals surface area (Å²) < 4.78 is 0. The Bertz CT molecular complexity index is 1020. The van der Waals surface area contributed by atoms with Crippen molar-refractivity contribution in [2.45, 2.75) is 38.8 Å². The van der Waals surface area contributed by atoms with Gasteiger partial charge in [-0.15, -0.1) is 0 Å². The SMILES string of the molecule is O=c1[nH]c(C2=NCCCC2)nc2c1CN(Cc1cc([N+](=O)[O-])ccc1Cl)CC2. The smallest absolute Gasteiger partial charge is 0.269 e. The second-order valence-electron chi connectivity index (χ2n) is 7.12. The minimum Gasteiger partial charge on any atom is -0.305 e. The van der Waals surface area contributed by atoms with E-state index in [4.69, 9.17) is 11.6 Å². The number of aromatic amines is 1. The maximum Gasteiger partial charge on any atom is 0.269 e. The summed E-state index contributed by atoms with van der Waals surface area (Å²) >= 11 is 6.22. The first-order valence-electron chi connectivity index (χ1n) is 9.32. The largest absolute Gasteiger partial charge is 0.305 e. The number of nitro groups is 1. The van der Waals surface area contributed by atoms with Crippen LogP contribution in [-0.4, -0.2) is 38.6 Å². The Kier molecular flexibility index (Phi) is 5.23. The van der Waals surface area contributed by atoms with E-state index >= 15 is 0 Å². The van der Waals surface area contributed by atoms with E-state index < -0.39 is 4.92 Å². The molecule has 146 valence electrons. The third-order valence-electron chi connectivity index (χ3n) is 5.18. The number of non-ortho nitro benzene ring substituents is 1. The number of hydrogen-bond donors (Lipinski definition) is 1. The summed E-state index contributed by atoms with van der Waals surface area (Å²) in [6.07, 6.45) is 3.64. The number of rotatable bonds is 4. The minimum atomic E-state index is -0.435. The molecule has 0 fully saturated rings. The summed E-state index contributed by atoms with van der Waals surface area (Å²) in [6, 6.07) is 4.42. The lowest BCUT2D eigenvalue weighted by Crippen LogP contribution is -2.36. The molecule has 4 rings (SSSR count). The van der Waals surface area contributed by atoms with Crippen molar-refractivity contribution in [3.63, 3.8) is 0 Å². The Morgan fingerprint density at radius 3 is 2.89 bits per heavy atom. The molecule has 2 aliphatic heterocycles. The highest BCUT2D eigenvalue weighted by atomic mass is 35.5. The van der Waals surface area contributed by atoms with Crippen LogP contribution in [0.3, 0.4) is 0 Å². The number of benzene rings is 1. The summed E-state index contributed by atoms with van der Waals surface area (Å²) in [7, 11) is 0. The fourth-order valence-corrected chi connectivity index (χ4v) is 3.86. The molecule has 2 aromatic rings. The first-order chi connectivity index (χ1) is 13.5. The summed E-state index contributed by atoms with van der Waals surface area (Å²) in [5.74, 6) is 0.596. The molecule has 1 aromatic heterocycles. The predicted molar refractivity (Wildman–Crippen MR) is 106 cm³/mol. The highest BCUT2D eigenvalue weighted by molar-refractivity contribution is 6.31. The summed E-state index contributed by atoms with van der Waals surface area (Å²) in [5.41, 5.74) is 2.90. The average molecular weight is 402 g/mol.